The van der Waals surface area contributed by atoms with Crippen molar-refractivity contribution in [1.29, 1.82) is 0 Å². The molecule has 0 aliphatic carbocycles. The fourth-order valence-corrected chi connectivity index (χ4v) is 4.07. The number of halogens is 1. The van der Waals surface area contributed by atoms with E-state index in [2.05, 4.69) is 22.9 Å². The Morgan fingerprint density at radius 1 is 1.11 bits per heavy atom. The van der Waals surface area contributed by atoms with Gasteiger partial charge in [0.05, 0.1) is 5.75 Å². The first-order valence-electron chi connectivity index (χ1n) is 6.97. The molecule has 0 aliphatic heterocycles. The second-order valence-corrected chi connectivity index (χ2v) is 8.85. The molecule has 0 heterocycles. The molecule has 19 heavy (non-hydrogen) atoms. The van der Waals surface area contributed by atoms with Gasteiger partial charge >= 0.3 is 5.97 Å². The van der Waals surface area contributed by atoms with Gasteiger partial charge in [0, 0.05) is 6.42 Å². The summed E-state index contributed by atoms with van der Waals surface area (Å²) >= 11 is 3.25. The maximum Gasteiger partial charge on any atom is 0.303 e. The van der Waals surface area contributed by atoms with Crippen LogP contribution in [0.15, 0.2) is 0 Å². The number of sulfone groups is 1. The normalized spacial score (nSPS) is 13.4. The van der Waals surface area contributed by atoms with Crippen LogP contribution in [-0.4, -0.2) is 29.4 Å². The van der Waals surface area contributed by atoms with Crippen LogP contribution in [0.4, 0.5) is 0 Å². The molecular formula is C13H25BrO4S. The Bertz CT molecular complexity index is 341. The van der Waals surface area contributed by atoms with Crippen molar-refractivity contribution in [2.24, 2.45) is 0 Å². The van der Waals surface area contributed by atoms with E-state index in [1.807, 2.05) is 0 Å². The predicted octanol–water partition coefficient (Wildman–Crippen LogP) is 3.74. The van der Waals surface area contributed by atoms with Crippen LogP contribution in [-0.2, 0) is 14.6 Å². The number of aliphatic carboxylic acids is 1. The Labute approximate surface area is 125 Å². The van der Waals surface area contributed by atoms with Crippen molar-refractivity contribution in [2.45, 2.75) is 68.9 Å². The lowest BCUT2D eigenvalue weighted by molar-refractivity contribution is -0.137. The summed E-state index contributed by atoms with van der Waals surface area (Å²) in [6.45, 7) is 2.10. The van der Waals surface area contributed by atoms with E-state index >= 15 is 0 Å². The van der Waals surface area contributed by atoms with Gasteiger partial charge in [0.2, 0.25) is 0 Å². The van der Waals surface area contributed by atoms with Gasteiger partial charge in [-0.3, -0.25) is 4.79 Å². The van der Waals surface area contributed by atoms with E-state index in [0.717, 1.165) is 38.5 Å². The monoisotopic (exact) mass is 356 g/mol. The van der Waals surface area contributed by atoms with Gasteiger partial charge in [0.25, 0.3) is 0 Å². The molecule has 0 spiro atoms. The standard InChI is InChI=1S/C13H25BrO4S/c1-2-3-4-8-11-19(17,18)12(14)9-6-5-7-10-13(15)16/h12H,2-11H2,1H3,(H,15,16). The van der Waals surface area contributed by atoms with Crippen LogP contribution in [0.3, 0.4) is 0 Å². The summed E-state index contributed by atoms with van der Waals surface area (Å²) in [5, 5.41) is 8.49. The third-order valence-electron chi connectivity index (χ3n) is 2.99. The van der Waals surface area contributed by atoms with E-state index in [9.17, 15) is 13.2 Å². The lowest BCUT2D eigenvalue weighted by Crippen LogP contribution is -2.18. The molecule has 1 N–H and O–H groups in total. The molecule has 1 atom stereocenters. The van der Waals surface area contributed by atoms with Gasteiger partial charge in [0.15, 0.2) is 9.84 Å². The summed E-state index contributed by atoms with van der Waals surface area (Å²) in [5.41, 5.74) is 0. The Morgan fingerprint density at radius 3 is 2.32 bits per heavy atom. The molecule has 0 aromatic rings. The number of hydrogen-bond donors (Lipinski definition) is 1. The first-order chi connectivity index (χ1) is 8.90. The van der Waals surface area contributed by atoms with Crippen LogP contribution in [0.5, 0.6) is 0 Å². The zero-order valence-electron chi connectivity index (χ0n) is 11.6. The van der Waals surface area contributed by atoms with E-state index in [0.29, 0.717) is 12.8 Å². The zero-order valence-corrected chi connectivity index (χ0v) is 14.0. The molecule has 0 saturated heterocycles. The predicted molar refractivity (Wildman–Crippen MR) is 81.4 cm³/mol. The number of carboxylic acids is 1. The first kappa shape index (κ1) is 18.9. The maximum atomic E-state index is 11.9. The van der Waals surface area contributed by atoms with Crippen molar-refractivity contribution >= 4 is 31.7 Å². The van der Waals surface area contributed by atoms with Gasteiger partial charge in [0.1, 0.15) is 4.16 Å². The summed E-state index contributed by atoms with van der Waals surface area (Å²) in [7, 11) is -3.04. The van der Waals surface area contributed by atoms with E-state index in [-0.39, 0.29) is 12.2 Å². The molecule has 0 bridgehead atoms. The molecule has 1 unspecified atom stereocenters. The van der Waals surface area contributed by atoms with Crippen LogP contribution in [0.1, 0.15) is 64.7 Å². The van der Waals surface area contributed by atoms with Crippen molar-refractivity contribution in [2.75, 3.05) is 5.75 Å². The average Bonchev–Trinajstić information content (AvgIpc) is 2.33. The SMILES string of the molecule is CCCCCCS(=O)(=O)C(Br)CCCCCC(=O)O. The highest BCUT2D eigenvalue weighted by Crippen LogP contribution is 2.20. The number of alkyl halides is 1. The molecule has 0 radical (unpaired) electrons. The van der Waals surface area contributed by atoms with Crippen LogP contribution in [0.2, 0.25) is 0 Å². The van der Waals surface area contributed by atoms with Crippen molar-refractivity contribution in [1.82, 2.24) is 0 Å². The lowest BCUT2D eigenvalue weighted by Gasteiger charge is -2.11. The lowest BCUT2D eigenvalue weighted by atomic mass is 10.2. The van der Waals surface area contributed by atoms with Crippen molar-refractivity contribution in [3.8, 4) is 0 Å². The first-order valence-corrected chi connectivity index (χ1v) is 9.60. The molecule has 0 aliphatic rings. The highest BCUT2D eigenvalue weighted by atomic mass is 79.9. The van der Waals surface area contributed by atoms with Gasteiger partial charge in [-0.25, -0.2) is 8.42 Å². The number of unbranched alkanes of at least 4 members (excludes halogenated alkanes) is 5. The second kappa shape index (κ2) is 10.7. The van der Waals surface area contributed by atoms with Gasteiger partial charge in [-0.2, -0.15) is 0 Å². The molecule has 0 fully saturated rings. The molecule has 0 aromatic carbocycles. The molecule has 0 rings (SSSR count). The van der Waals surface area contributed by atoms with Crippen LogP contribution >= 0.6 is 15.9 Å². The molecule has 0 saturated carbocycles. The van der Waals surface area contributed by atoms with Crippen molar-refractivity contribution in [3.05, 3.63) is 0 Å². The Hall–Kier alpha value is -0.100. The number of hydrogen-bond acceptors (Lipinski definition) is 3. The molecule has 4 nitrogen and oxygen atoms in total. The van der Waals surface area contributed by atoms with Crippen LogP contribution in [0.25, 0.3) is 0 Å². The minimum absolute atomic E-state index is 0.163. The van der Waals surface area contributed by atoms with Gasteiger partial charge in [-0.15, -0.1) is 0 Å². The Kier molecular flexibility index (Phi) is 10.6. The summed E-state index contributed by atoms with van der Waals surface area (Å²) < 4.78 is 23.4. The summed E-state index contributed by atoms with van der Waals surface area (Å²) in [4.78, 5) is 10.3. The molecular weight excluding hydrogens is 332 g/mol. The minimum Gasteiger partial charge on any atom is -0.481 e. The Morgan fingerprint density at radius 2 is 1.74 bits per heavy atom. The minimum atomic E-state index is -3.04. The molecule has 6 heteroatoms. The van der Waals surface area contributed by atoms with Crippen molar-refractivity contribution < 1.29 is 18.3 Å². The molecule has 0 aromatic heterocycles. The van der Waals surface area contributed by atoms with Gasteiger partial charge < -0.3 is 5.11 Å². The fourth-order valence-electron chi connectivity index (χ4n) is 1.80. The van der Waals surface area contributed by atoms with Crippen LogP contribution in [0, 0.1) is 0 Å². The fraction of sp³-hybridized carbons (Fsp3) is 0.923. The van der Waals surface area contributed by atoms with Crippen LogP contribution < -0.4 is 0 Å². The Balaban J connectivity index is 3.78. The molecule has 0 amide bonds. The average molecular weight is 357 g/mol. The summed E-state index contributed by atoms with van der Waals surface area (Å²) in [5.74, 6) is -0.545. The summed E-state index contributed by atoms with van der Waals surface area (Å²) in [6, 6.07) is 0. The van der Waals surface area contributed by atoms with E-state index in [4.69, 9.17) is 5.11 Å². The topological polar surface area (TPSA) is 71.4 Å². The van der Waals surface area contributed by atoms with Gasteiger partial charge in [-0.1, -0.05) is 55.0 Å². The number of carboxylic acid groups (broad SMARTS) is 1. The van der Waals surface area contributed by atoms with Gasteiger partial charge in [-0.05, 0) is 19.3 Å². The smallest absolute Gasteiger partial charge is 0.303 e. The van der Waals surface area contributed by atoms with E-state index < -0.39 is 20.0 Å². The highest BCUT2D eigenvalue weighted by molar-refractivity contribution is 9.11. The number of rotatable bonds is 12. The quantitative estimate of drug-likeness (QED) is 0.427. The van der Waals surface area contributed by atoms with E-state index in [1.165, 1.54) is 0 Å². The largest absolute Gasteiger partial charge is 0.481 e. The molecule has 114 valence electrons. The number of carbonyl (C=O) groups is 1. The maximum absolute atomic E-state index is 11.9. The third-order valence-corrected chi connectivity index (χ3v) is 7.03. The third kappa shape index (κ3) is 10.4. The second-order valence-electron chi connectivity index (χ2n) is 4.83. The summed E-state index contributed by atoms with van der Waals surface area (Å²) in [6.07, 6.45) is 6.74. The highest BCUT2D eigenvalue weighted by Gasteiger charge is 2.21. The van der Waals surface area contributed by atoms with E-state index in [1.54, 1.807) is 0 Å². The zero-order chi connectivity index (χ0) is 14.7. The van der Waals surface area contributed by atoms with Crippen molar-refractivity contribution in [3.63, 3.8) is 0 Å².